The molecule has 3 nitrogen and oxygen atoms in total. The summed E-state index contributed by atoms with van der Waals surface area (Å²) < 4.78 is 5.78. The van der Waals surface area contributed by atoms with Crippen molar-refractivity contribution in [3.8, 4) is 5.75 Å². The normalized spacial score (nSPS) is 14.3. The van der Waals surface area contributed by atoms with Crippen LogP contribution in [0.5, 0.6) is 5.75 Å². The average Bonchev–Trinajstić information content (AvgIpc) is 2.91. The van der Waals surface area contributed by atoms with Gasteiger partial charge in [-0.2, -0.15) is 12.6 Å². The second-order valence-electron chi connectivity index (χ2n) is 5.46. The van der Waals surface area contributed by atoms with E-state index in [4.69, 9.17) is 4.74 Å². The number of ether oxygens (including phenoxy) is 1. The number of anilines is 1. The summed E-state index contributed by atoms with van der Waals surface area (Å²) in [5.41, 5.74) is 3.16. The SMILES string of the molecule is O=C1Cc2cc(OCCCC(S)c3ccccc3)ccc2N1. The maximum Gasteiger partial charge on any atom is 0.228 e. The quantitative estimate of drug-likeness (QED) is 0.624. The number of thiol groups is 1. The minimum atomic E-state index is 0.0490. The highest BCUT2D eigenvalue weighted by Crippen LogP contribution is 2.28. The van der Waals surface area contributed by atoms with Crippen molar-refractivity contribution in [3.63, 3.8) is 0 Å². The predicted octanol–water partition coefficient (Wildman–Crippen LogP) is 4.01. The zero-order valence-corrected chi connectivity index (χ0v) is 13.2. The van der Waals surface area contributed by atoms with Gasteiger partial charge in [0.1, 0.15) is 5.75 Å². The number of benzene rings is 2. The van der Waals surface area contributed by atoms with Gasteiger partial charge in [-0.15, -0.1) is 0 Å². The molecule has 0 saturated carbocycles. The van der Waals surface area contributed by atoms with Crippen LogP contribution in [0.4, 0.5) is 5.69 Å². The summed E-state index contributed by atoms with van der Waals surface area (Å²) in [7, 11) is 0. The van der Waals surface area contributed by atoms with Crippen molar-refractivity contribution in [1.82, 2.24) is 0 Å². The summed E-state index contributed by atoms with van der Waals surface area (Å²) in [5.74, 6) is 0.874. The van der Waals surface area contributed by atoms with Crippen LogP contribution < -0.4 is 10.1 Å². The van der Waals surface area contributed by atoms with Crippen LogP contribution in [0.3, 0.4) is 0 Å². The van der Waals surface area contributed by atoms with E-state index in [1.165, 1.54) is 5.56 Å². The van der Waals surface area contributed by atoms with E-state index in [1.807, 2.05) is 36.4 Å². The average molecular weight is 313 g/mol. The maximum absolute atomic E-state index is 11.3. The van der Waals surface area contributed by atoms with Gasteiger partial charge in [-0.3, -0.25) is 4.79 Å². The smallest absolute Gasteiger partial charge is 0.228 e. The van der Waals surface area contributed by atoms with Crippen molar-refractivity contribution >= 4 is 24.2 Å². The molecule has 1 unspecified atom stereocenters. The third-order valence-corrected chi connectivity index (χ3v) is 4.33. The van der Waals surface area contributed by atoms with Crippen molar-refractivity contribution in [2.75, 3.05) is 11.9 Å². The molecule has 1 heterocycles. The Balaban J connectivity index is 1.46. The Morgan fingerprint density at radius 2 is 2.00 bits per heavy atom. The second-order valence-corrected chi connectivity index (χ2v) is 6.08. The molecule has 0 spiro atoms. The van der Waals surface area contributed by atoms with Gasteiger partial charge in [-0.05, 0) is 42.2 Å². The van der Waals surface area contributed by atoms with Crippen LogP contribution in [0.15, 0.2) is 48.5 Å². The highest BCUT2D eigenvalue weighted by atomic mass is 32.1. The van der Waals surface area contributed by atoms with Gasteiger partial charge in [-0.1, -0.05) is 30.3 Å². The molecular formula is C18H19NO2S. The molecule has 2 aromatic carbocycles. The van der Waals surface area contributed by atoms with Gasteiger partial charge >= 0.3 is 0 Å². The fraction of sp³-hybridized carbons (Fsp3) is 0.278. The van der Waals surface area contributed by atoms with Crippen LogP contribution in [0.25, 0.3) is 0 Å². The molecule has 0 fully saturated rings. The summed E-state index contributed by atoms with van der Waals surface area (Å²) >= 11 is 4.64. The molecule has 0 aromatic heterocycles. The lowest BCUT2D eigenvalue weighted by Crippen LogP contribution is -2.03. The first-order chi connectivity index (χ1) is 10.7. The first-order valence-corrected chi connectivity index (χ1v) is 8.02. The second kappa shape index (κ2) is 6.88. The highest BCUT2D eigenvalue weighted by molar-refractivity contribution is 7.80. The van der Waals surface area contributed by atoms with Gasteiger partial charge < -0.3 is 10.1 Å². The molecule has 0 saturated heterocycles. The minimum Gasteiger partial charge on any atom is -0.494 e. The molecule has 3 rings (SSSR count). The van der Waals surface area contributed by atoms with Gasteiger partial charge in [0.05, 0.1) is 13.0 Å². The first kappa shape index (κ1) is 15.0. The summed E-state index contributed by atoms with van der Waals surface area (Å²) in [5, 5.41) is 3.06. The Morgan fingerprint density at radius 3 is 2.82 bits per heavy atom. The fourth-order valence-corrected chi connectivity index (χ4v) is 2.96. The van der Waals surface area contributed by atoms with Crippen LogP contribution >= 0.6 is 12.6 Å². The van der Waals surface area contributed by atoms with Crippen molar-refractivity contribution in [1.29, 1.82) is 0 Å². The van der Waals surface area contributed by atoms with Gasteiger partial charge in [0.25, 0.3) is 0 Å². The molecule has 1 N–H and O–H groups in total. The summed E-state index contributed by atoms with van der Waals surface area (Å²) in [6.07, 6.45) is 2.36. The third-order valence-electron chi connectivity index (χ3n) is 3.78. The zero-order valence-electron chi connectivity index (χ0n) is 12.3. The van der Waals surface area contributed by atoms with Gasteiger partial charge in [-0.25, -0.2) is 0 Å². The van der Waals surface area contributed by atoms with Crippen molar-refractivity contribution in [3.05, 3.63) is 59.7 Å². The fourth-order valence-electron chi connectivity index (χ4n) is 2.60. The van der Waals surface area contributed by atoms with E-state index in [9.17, 15) is 4.79 Å². The van der Waals surface area contributed by atoms with Gasteiger partial charge in [0.2, 0.25) is 5.91 Å². The molecule has 0 bridgehead atoms. The van der Waals surface area contributed by atoms with E-state index in [-0.39, 0.29) is 11.2 Å². The Labute approximate surface area is 136 Å². The van der Waals surface area contributed by atoms with E-state index in [0.717, 1.165) is 29.8 Å². The van der Waals surface area contributed by atoms with Crippen LogP contribution in [0.2, 0.25) is 0 Å². The molecule has 0 radical (unpaired) electrons. The summed E-state index contributed by atoms with van der Waals surface area (Å²) in [6, 6.07) is 16.0. The number of fused-ring (bicyclic) bond motifs is 1. The summed E-state index contributed by atoms with van der Waals surface area (Å²) in [6.45, 7) is 0.657. The van der Waals surface area contributed by atoms with E-state index >= 15 is 0 Å². The van der Waals surface area contributed by atoms with Crippen LogP contribution in [-0.2, 0) is 11.2 Å². The van der Waals surface area contributed by atoms with Crippen molar-refractivity contribution in [2.45, 2.75) is 24.5 Å². The van der Waals surface area contributed by atoms with E-state index in [0.29, 0.717) is 13.0 Å². The van der Waals surface area contributed by atoms with Gasteiger partial charge in [0.15, 0.2) is 0 Å². The lowest BCUT2D eigenvalue weighted by Gasteiger charge is -2.12. The first-order valence-electron chi connectivity index (χ1n) is 7.51. The van der Waals surface area contributed by atoms with E-state index in [1.54, 1.807) is 0 Å². The Kier molecular flexibility index (Phi) is 4.68. The monoisotopic (exact) mass is 313 g/mol. The van der Waals surface area contributed by atoms with E-state index < -0.39 is 0 Å². The molecule has 1 amide bonds. The number of hydrogen-bond acceptors (Lipinski definition) is 3. The number of hydrogen-bond donors (Lipinski definition) is 2. The molecule has 4 heteroatoms. The van der Waals surface area contributed by atoms with Crippen LogP contribution in [0.1, 0.15) is 29.2 Å². The lowest BCUT2D eigenvalue weighted by molar-refractivity contribution is -0.115. The predicted molar refractivity (Wildman–Crippen MR) is 91.7 cm³/mol. The summed E-state index contributed by atoms with van der Waals surface area (Å²) in [4.78, 5) is 11.3. The van der Waals surface area contributed by atoms with Crippen molar-refractivity contribution in [2.24, 2.45) is 0 Å². The molecule has 114 valence electrons. The molecule has 2 aromatic rings. The lowest BCUT2D eigenvalue weighted by atomic mass is 10.1. The number of rotatable bonds is 6. The third kappa shape index (κ3) is 3.63. The number of amides is 1. The van der Waals surface area contributed by atoms with Crippen LogP contribution in [-0.4, -0.2) is 12.5 Å². The zero-order chi connectivity index (χ0) is 15.4. The number of carbonyl (C=O) groups is 1. The molecule has 22 heavy (non-hydrogen) atoms. The topological polar surface area (TPSA) is 38.3 Å². The van der Waals surface area contributed by atoms with Crippen LogP contribution in [0, 0.1) is 0 Å². The minimum absolute atomic E-state index is 0.0490. The molecule has 1 aliphatic heterocycles. The molecular weight excluding hydrogens is 294 g/mol. The number of carbonyl (C=O) groups excluding carboxylic acids is 1. The molecule has 0 aliphatic carbocycles. The Hall–Kier alpha value is -1.94. The number of nitrogens with one attached hydrogen (secondary N) is 1. The van der Waals surface area contributed by atoms with E-state index in [2.05, 4.69) is 30.1 Å². The Morgan fingerprint density at radius 1 is 1.18 bits per heavy atom. The van der Waals surface area contributed by atoms with Gasteiger partial charge in [0, 0.05) is 10.9 Å². The molecule has 1 aliphatic rings. The Bertz CT molecular complexity index is 657. The molecule has 1 atom stereocenters. The van der Waals surface area contributed by atoms with Crippen molar-refractivity contribution < 1.29 is 9.53 Å². The standard InChI is InChI=1S/C18H19NO2S/c20-18-12-14-11-15(8-9-16(14)19-18)21-10-4-7-17(22)13-5-2-1-3-6-13/h1-3,5-6,8-9,11,17,22H,4,7,10,12H2,(H,19,20). The highest BCUT2D eigenvalue weighted by Gasteiger charge is 2.17. The maximum atomic E-state index is 11.3. The largest absolute Gasteiger partial charge is 0.494 e.